The van der Waals surface area contributed by atoms with Crippen LogP contribution in [0.1, 0.15) is 21.7 Å². The number of ether oxygens (including phenoxy) is 1. The molecule has 0 aliphatic heterocycles. The number of pyridine rings is 1. The molecule has 2 aromatic heterocycles. The molecule has 0 amide bonds. The number of alkyl halides is 3. The largest absolute Gasteiger partial charge is 0.438 e. The molecule has 0 unspecified atom stereocenters. The van der Waals surface area contributed by atoms with Crippen LogP contribution in [0.2, 0.25) is 0 Å². The number of carbonyl (C=O) groups is 1. The van der Waals surface area contributed by atoms with Crippen molar-refractivity contribution in [2.75, 3.05) is 0 Å². The number of ketones is 1. The van der Waals surface area contributed by atoms with Crippen LogP contribution in [0, 0.1) is 11.6 Å². The molecule has 5 nitrogen and oxygen atoms in total. The van der Waals surface area contributed by atoms with Crippen molar-refractivity contribution in [1.29, 1.82) is 0 Å². The second kappa shape index (κ2) is 7.21. The van der Waals surface area contributed by atoms with Gasteiger partial charge >= 0.3 is 6.18 Å². The molecule has 2 heterocycles. The smallest absolute Gasteiger partial charge is 0.421 e. The third-order valence-electron chi connectivity index (χ3n) is 4.15. The van der Waals surface area contributed by atoms with Crippen LogP contribution in [0.15, 0.2) is 54.7 Å². The Hall–Kier alpha value is -3.82. The number of H-pyrrole nitrogens is 1. The fraction of sp³-hybridized carbons (Fsp3) is 0.0500. The van der Waals surface area contributed by atoms with Crippen molar-refractivity contribution in [3.8, 4) is 11.6 Å². The Morgan fingerprint density at radius 3 is 2.40 bits per heavy atom. The zero-order valence-corrected chi connectivity index (χ0v) is 14.8. The van der Waals surface area contributed by atoms with Gasteiger partial charge in [0, 0.05) is 23.9 Å². The van der Waals surface area contributed by atoms with Crippen molar-refractivity contribution >= 4 is 16.8 Å². The van der Waals surface area contributed by atoms with E-state index in [0.717, 1.165) is 30.5 Å². The van der Waals surface area contributed by atoms with E-state index >= 15 is 0 Å². The Morgan fingerprint density at radius 2 is 1.70 bits per heavy atom. The first-order valence-electron chi connectivity index (χ1n) is 8.42. The number of fused-ring (bicyclic) bond motifs is 1. The molecule has 0 atom stereocenters. The van der Waals surface area contributed by atoms with Gasteiger partial charge in [-0.15, -0.1) is 0 Å². The molecule has 0 fully saturated rings. The second-order valence-corrected chi connectivity index (χ2v) is 6.18. The lowest BCUT2D eigenvalue weighted by Gasteiger charge is -2.12. The van der Waals surface area contributed by atoms with E-state index in [2.05, 4.69) is 15.0 Å². The first kappa shape index (κ1) is 19.5. The van der Waals surface area contributed by atoms with Gasteiger partial charge in [-0.3, -0.25) is 4.79 Å². The molecule has 0 aliphatic carbocycles. The van der Waals surface area contributed by atoms with Gasteiger partial charge in [0.05, 0.1) is 11.0 Å². The van der Waals surface area contributed by atoms with E-state index in [1.807, 2.05) is 0 Å². The molecular weight excluding hydrogens is 409 g/mol. The average molecular weight is 419 g/mol. The van der Waals surface area contributed by atoms with Crippen molar-refractivity contribution in [2.45, 2.75) is 6.18 Å². The van der Waals surface area contributed by atoms with Crippen molar-refractivity contribution in [1.82, 2.24) is 15.0 Å². The van der Waals surface area contributed by atoms with Crippen LogP contribution in [0.25, 0.3) is 11.0 Å². The first-order valence-corrected chi connectivity index (χ1v) is 8.42. The molecule has 0 saturated carbocycles. The van der Waals surface area contributed by atoms with Crippen molar-refractivity contribution in [2.24, 2.45) is 0 Å². The SMILES string of the molecule is O=C(c1ccc(Oc2ncccc2C(F)(F)F)cc1)c1nc2cc(F)c(F)cc2[nH]1. The summed E-state index contributed by atoms with van der Waals surface area (Å²) < 4.78 is 70.9. The predicted octanol–water partition coefficient (Wildman–Crippen LogP) is 5.28. The monoisotopic (exact) mass is 419 g/mol. The normalized spacial score (nSPS) is 11.6. The number of aromatic nitrogens is 3. The molecule has 0 aliphatic rings. The summed E-state index contributed by atoms with van der Waals surface area (Å²) >= 11 is 0. The van der Waals surface area contributed by atoms with Gasteiger partial charge in [-0.1, -0.05) is 0 Å². The lowest BCUT2D eigenvalue weighted by atomic mass is 10.1. The summed E-state index contributed by atoms with van der Waals surface area (Å²) in [7, 11) is 0. The number of rotatable bonds is 4. The number of nitrogens with zero attached hydrogens (tertiary/aromatic N) is 2. The molecule has 0 saturated heterocycles. The van der Waals surface area contributed by atoms with Crippen molar-refractivity contribution in [3.63, 3.8) is 0 Å². The number of hydrogen-bond acceptors (Lipinski definition) is 4. The number of benzene rings is 2. The maximum Gasteiger partial charge on any atom is 0.421 e. The zero-order valence-electron chi connectivity index (χ0n) is 14.8. The van der Waals surface area contributed by atoms with Gasteiger partial charge in [0.25, 0.3) is 0 Å². The highest BCUT2D eigenvalue weighted by Crippen LogP contribution is 2.36. The van der Waals surface area contributed by atoms with Crippen LogP contribution in [-0.4, -0.2) is 20.7 Å². The van der Waals surface area contributed by atoms with E-state index in [4.69, 9.17) is 4.74 Å². The highest BCUT2D eigenvalue weighted by Gasteiger charge is 2.35. The molecule has 0 spiro atoms. The number of carbonyl (C=O) groups excluding carboxylic acids is 1. The lowest BCUT2D eigenvalue weighted by Crippen LogP contribution is -2.08. The first-order chi connectivity index (χ1) is 14.2. The molecule has 0 radical (unpaired) electrons. The Kier molecular flexibility index (Phi) is 4.69. The number of nitrogens with one attached hydrogen (secondary N) is 1. The summed E-state index contributed by atoms with van der Waals surface area (Å²) in [5.74, 6) is -3.49. The minimum atomic E-state index is -4.64. The standard InChI is InChI=1S/C20H10F5N3O2/c21-13-8-15-16(9-14(13)22)28-18(27-15)17(29)10-3-5-11(6-4-10)30-19-12(20(23,24)25)2-1-7-26-19/h1-9H,(H,27,28). The fourth-order valence-corrected chi connectivity index (χ4v) is 2.72. The molecule has 10 heteroatoms. The van der Waals surface area contributed by atoms with Crippen LogP contribution < -0.4 is 4.74 Å². The Morgan fingerprint density at radius 1 is 1.00 bits per heavy atom. The maximum atomic E-state index is 13.3. The summed E-state index contributed by atoms with van der Waals surface area (Å²) in [5, 5.41) is 0. The Labute approximate surface area is 165 Å². The summed E-state index contributed by atoms with van der Waals surface area (Å²) in [6.45, 7) is 0. The molecule has 4 rings (SSSR count). The molecule has 1 N–H and O–H groups in total. The average Bonchev–Trinajstić information content (AvgIpc) is 3.10. The zero-order chi connectivity index (χ0) is 21.5. The summed E-state index contributed by atoms with van der Waals surface area (Å²) in [5.41, 5.74) is -0.676. The lowest BCUT2D eigenvalue weighted by molar-refractivity contribution is -0.138. The van der Waals surface area contributed by atoms with Crippen LogP contribution in [0.5, 0.6) is 11.6 Å². The van der Waals surface area contributed by atoms with E-state index in [1.54, 1.807) is 0 Å². The van der Waals surface area contributed by atoms with Crippen LogP contribution >= 0.6 is 0 Å². The summed E-state index contributed by atoms with van der Waals surface area (Å²) in [6, 6.07) is 8.96. The van der Waals surface area contributed by atoms with Gasteiger partial charge < -0.3 is 9.72 Å². The quantitative estimate of drug-likeness (QED) is 0.361. The van der Waals surface area contributed by atoms with Gasteiger partial charge in [0.1, 0.15) is 11.3 Å². The summed E-state index contributed by atoms with van der Waals surface area (Å²) in [4.78, 5) is 22.7. The van der Waals surface area contributed by atoms with Crippen molar-refractivity contribution < 1.29 is 31.5 Å². The van der Waals surface area contributed by atoms with Gasteiger partial charge in [-0.2, -0.15) is 13.2 Å². The molecule has 30 heavy (non-hydrogen) atoms. The molecule has 152 valence electrons. The third-order valence-corrected chi connectivity index (χ3v) is 4.15. The Bertz CT molecular complexity index is 1210. The van der Waals surface area contributed by atoms with Gasteiger partial charge in [0.2, 0.25) is 11.7 Å². The molecule has 4 aromatic rings. The molecule has 0 bridgehead atoms. The third kappa shape index (κ3) is 3.71. The maximum absolute atomic E-state index is 13.3. The molecule has 2 aromatic carbocycles. The Balaban J connectivity index is 1.58. The number of hydrogen-bond donors (Lipinski definition) is 1. The van der Waals surface area contributed by atoms with E-state index in [9.17, 15) is 26.7 Å². The predicted molar refractivity (Wildman–Crippen MR) is 95.2 cm³/mol. The van der Waals surface area contributed by atoms with Crippen LogP contribution in [-0.2, 0) is 6.18 Å². The van der Waals surface area contributed by atoms with Gasteiger partial charge in [-0.05, 0) is 36.4 Å². The minimum Gasteiger partial charge on any atom is -0.438 e. The number of imidazole rings is 1. The highest BCUT2D eigenvalue weighted by atomic mass is 19.4. The fourth-order valence-electron chi connectivity index (χ4n) is 2.72. The number of halogens is 5. The van der Waals surface area contributed by atoms with E-state index in [0.29, 0.717) is 0 Å². The van der Waals surface area contributed by atoms with Gasteiger partial charge in [-0.25, -0.2) is 18.7 Å². The van der Waals surface area contributed by atoms with Crippen molar-refractivity contribution in [3.05, 3.63) is 83.3 Å². The number of aromatic amines is 1. The molecular formula is C20H10F5N3O2. The second-order valence-electron chi connectivity index (χ2n) is 6.18. The van der Waals surface area contributed by atoms with Crippen LogP contribution in [0.3, 0.4) is 0 Å². The topological polar surface area (TPSA) is 67.9 Å². The summed E-state index contributed by atoms with van der Waals surface area (Å²) in [6.07, 6.45) is -3.48. The van der Waals surface area contributed by atoms with Gasteiger partial charge in [0.15, 0.2) is 17.5 Å². The van der Waals surface area contributed by atoms with E-state index in [1.165, 1.54) is 24.3 Å². The van der Waals surface area contributed by atoms with Crippen LogP contribution in [0.4, 0.5) is 22.0 Å². The van der Waals surface area contributed by atoms with E-state index < -0.39 is 35.0 Å². The minimum absolute atomic E-state index is 0.0319. The highest BCUT2D eigenvalue weighted by molar-refractivity contribution is 6.08. The van der Waals surface area contributed by atoms with E-state index in [-0.39, 0.29) is 28.2 Å².